The van der Waals surface area contributed by atoms with Crippen LogP contribution in [0, 0.1) is 0 Å². The van der Waals surface area contributed by atoms with Crippen molar-refractivity contribution in [3.63, 3.8) is 0 Å². The van der Waals surface area contributed by atoms with Crippen molar-refractivity contribution in [1.29, 1.82) is 0 Å². The molecule has 2 aromatic rings. The van der Waals surface area contributed by atoms with Gasteiger partial charge < -0.3 is 10.1 Å². The van der Waals surface area contributed by atoms with E-state index in [0.29, 0.717) is 34.1 Å². The molecule has 0 amide bonds. The lowest BCUT2D eigenvalue weighted by Gasteiger charge is -2.08. The summed E-state index contributed by atoms with van der Waals surface area (Å²) in [6.07, 6.45) is 3.37. The Hall–Kier alpha value is -2.08. The molecule has 0 fully saturated rings. The molecule has 0 spiro atoms. The molecule has 25 heavy (non-hydrogen) atoms. The molecular formula is C18H17Cl2N3OS. The van der Waals surface area contributed by atoms with Crippen molar-refractivity contribution < 1.29 is 4.74 Å². The topological polar surface area (TPSA) is 45.7 Å². The molecule has 0 bridgehead atoms. The maximum absolute atomic E-state index is 6.14. The van der Waals surface area contributed by atoms with E-state index in [9.17, 15) is 0 Å². The minimum atomic E-state index is 0.352. The summed E-state index contributed by atoms with van der Waals surface area (Å²) >= 11 is 17.1. The summed E-state index contributed by atoms with van der Waals surface area (Å²) in [6, 6.07) is 12.9. The molecule has 130 valence electrons. The number of hydrogen-bond acceptors (Lipinski definition) is 3. The number of nitrogens with zero attached hydrogens (tertiary/aromatic N) is 1. The molecule has 7 heteroatoms. The molecule has 0 radical (unpaired) electrons. The number of hydrogen-bond donors (Lipinski definition) is 2. The van der Waals surface area contributed by atoms with Gasteiger partial charge in [0.05, 0.1) is 6.21 Å². The molecule has 0 saturated carbocycles. The summed E-state index contributed by atoms with van der Waals surface area (Å²) in [5.41, 5.74) is 4.47. The lowest BCUT2D eigenvalue weighted by Crippen LogP contribution is -2.31. The van der Waals surface area contributed by atoms with E-state index in [1.165, 1.54) is 0 Å². The number of halogens is 2. The lowest BCUT2D eigenvalue weighted by atomic mass is 10.2. The highest BCUT2D eigenvalue weighted by atomic mass is 35.5. The standard InChI is InChI=1S/C18H17Cl2N3OS/c1-2-8-21-18(25)23-22-11-13-4-3-5-16(9-13)24-12-14-6-7-15(19)10-17(14)20/h2-7,9-11H,1,8,12H2,(H2,21,23,25)/b22-11+. The van der Waals surface area contributed by atoms with E-state index in [4.69, 9.17) is 40.2 Å². The Labute approximate surface area is 162 Å². The summed E-state index contributed by atoms with van der Waals surface area (Å²) in [4.78, 5) is 0. The Morgan fingerprint density at radius 3 is 2.84 bits per heavy atom. The fraction of sp³-hybridized carbons (Fsp3) is 0.111. The molecule has 2 N–H and O–H groups in total. The van der Waals surface area contributed by atoms with Gasteiger partial charge in [-0.3, -0.25) is 5.43 Å². The van der Waals surface area contributed by atoms with Gasteiger partial charge in [0.1, 0.15) is 12.4 Å². The fourth-order valence-corrected chi connectivity index (χ4v) is 2.45. The van der Waals surface area contributed by atoms with Gasteiger partial charge in [0.2, 0.25) is 0 Å². The van der Waals surface area contributed by atoms with Crippen LogP contribution in [0.25, 0.3) is 0 Å². The van der Waals surface area contributed by atoms with E-state index >= 15 is 0 Å². The Morgan fingerprint density at radius 1 is 1.24 bits per heavy atom. The van der Waals surface area contributed by atoms with Gasteiger partial charge in [-0.25, -0.2) is 0 Å². The molecule has 0 unspecified atom stereocenters. The van der Waals surface area contributed by atoms with Crippen LogP contribution in [0.4, 0.5) is 0 Å². The van der Waals surface area contributed by atoms with E-state index < -0.39 is 0 Å². The van der Waals surface area contributed by atoms with E-state index in [1.807, 2.05) is 30.3 Å². The van der Waals surface area contributed by atoms with Crippen LogP contribution in [-0.2, 0) is 6.61 Å². The Bertz CT molecular complexity index is 781. The maximum atomic E-state index is 6.14. The SMILES string of the molecule is C=CCNC(=S)N/N=C/c1cccc(OCc2ccc(Cl)cc2Cl)c1. The van der Waals surface area contributed by atoms with Gasteiger partial charge in [0, 0.05) is 22.2 Å². The Kier molecular flexibility index (Phi) is 7.73. The smallest absolute Gasteiger partial charge is 0.187 e. The number of rotatable bonds is 7. The average molecular weight is 394 g/mol. The van der Waals surface area contributed by atoms with Crippen LogP contribution in [0.2, 0.25) is 10.0 Å². The van der Waals surface area contributed by atoms with Gasteiger partial charge in [-0.15, -0.1) is 6.58 Å². The third-order valence-electron chi connectivity index (χ3n) is 3.05. The summed E-state index contributed by atoms with van der Waals surface area (Å²) in [5, 5.41) is 8.60. The molecule has 0 aliphatic rings. The van der Waals surface area contributed by atoms with Crippen molar-refractivity contribution in [3.05, 3.63) is 76.3 Å². The van der Waals surface area contributed by atoms with Crippen LogP contribution < -0.4 is 15.5 Å². The fourth-order valence-electron chi connectivity index (χ4n) is 1.85. The predicted octanol–water partition coefficient (Wildman–Crippen LogP) is 4.56. The average Bonchev–Trinajstić information content (AvgIpc) is 2.59. The first kappa shape index (κ1) is 19.2. The number of hydrazone groups is 1. The van der Waals surface area contributed by atoms with Gasteiger partial charge in [-0.2, -0.15) is 5.10 Å². The largest absolute Gasteiger partial charge is 0.489 e. The van der Waals surface area contributed by atoms with Gasteiger partial charge in [-0.1, -0.05) is 47.5 Å². The summed E-state index contributed by atoms with van der Waals surface area (Å²) in [5.74, 6) is 0.710. The maximum Gasteiger partial charge on any atom is 0.187 e. The minimum absolute atomic E-state index is 0.352. The van der Waals surface area contributed by atoms with Crippen molar-refractivity contribution in [3.8, 4) is 5.75 Å². The van der Waals surface area contributed by atoms with E-state index in [1.54, 1.807) is 24.4 Å². The minimum Gasteiger partial charge on any atom is -0.489 e. The summed E-state index contributed by atoms with van der Waals surface area (Å²) in [6.45, 7) is 4.54. The molecular weight excluding hydrogens is 377 g/mol. The summed E-state index contributed by atoms with van der Waals surface area (Å²) in [7, 11) is 0. The first-order valence-electron chi connectivity index (χ1n) is 7.43. The predicted molar refractivity (Wildman–Crippen MR) is 109 cm³/mol. The zero-order valence-electron chi connectivity index (χ0n) is 13.3. The quantitative estimate of drug-likeness (QED) is 0.313. The zero-order valence-corrected chi connectivity index (χ0v) is 15.7. The summed E-state index contributed by atoms with van der Waals surface area (Å²) < 4.78 is 5.78. The van der Waals surface area contributed by atoms with Gasteiger partial charge in [0.15, 0.2) is 5.11 Å². The number of nitrogens with one attached hydrogen (secondary N) is 2. The van der Waals surface area contributed by atoms with E-state index in [0.717, 1.165) is 11.1 Å². The zero-order chi connectivity index (χ0) is 18.1. The molecule has 2 aromatic carbocycles. The lowest BCUT2D eigenvalue weighted by molar-refractivity contribution is 0.306. The third kappa shape index (κ3) is 6.74. The number of benzene rings is 2. The molecule has 0 aliphatic carbocycles. The number of ether oxygens (including phenoxy) is 1. The van der Waals surface area contributed by atoms with Crippen LogP contribution in [0.15, 0.2) is 60.2 Å². The second-order valence-electron chi connectivity index (χ2n) is 4.97. The van der Waals surface area contributed by atoms with Crippen LogP contribution in [0.3, 0.4) is 0 Å². The Balaban J connectivity index is 1.92. The first-order chi connectivity index (χ1) is 12.1. The van der Waals surface area contributed by atoms with Gasteiger partial charge in [0.25, 0.3) is 0 Å². The second kappa shape index (κ2) is 10.0. The van der Waals surface area contributed by atoms with Crippen molar-refractivity contribution in [2.24, 2.45) is 5.10 Å². The van der Waals surface area contributed by atoms with E-state index in [-0.39, 0.29) is 0 Å². The Morgan fingerprint density at radius 2 is 2.08 bits per heavy atom. The molecule has 0 aromatic heterocycles. The molecule has 0 aliphatic heterocycles. The van der Waals surface area contributed by atoms with Crippen molar-refractivity contribution in [1.82, 2.24) is 10.7 Å². The highest BCUT2D eigenvalue weighted by molar-refractivity contribution is 7.80. The molecule has 0 saturated heterocycles. The van der Waals surface area contributed by atoms with Crippen LogP contribution >= 0.6 is 35.4 Å². The molecule has 0 atom stereocenters. The van der Waals surface area contributed by atoms with Gasteiger partial charge >= 0.3 is 0 Å². The van der Waals surface area contributed by atoms with Crippen LogP contribution in [-0.4, -0.2) is 17.9 Å². The van der Waals surface area contributed by atoms with Crippen molar-refractivity contribution >= 4 is 46.7 Å². The first-order valence-corrected chi connectivity index (χ1v) is 8.59. The molecule has 0 heterocycles. The monoisotopic (exact) mass is 393 g/mol. The third-order valence-corrected chi connectivity index (χ3v) is 3.88. The number of thiocarbonyl (C=S) groups is 1. The molecule has 2 rings (SSSR count). The van der Waals surface area contributed by atoms with Crippen molar-refractivity contribution in [2.45, 2.75) is 6.61 Å². The molecule has 4 nitrogen and oxygen atoms in total. The van der Waals surface area contributed by atoms with Crippen molar-refractivity contribution in [2.75, 3.05) is 6.54 Å². The van der Waals surface area contributed by atoms with Gasteiger partial charge in [-0.05, 0) is 42.0 Å². The highest BCUT2D eigenvalue weighted by Gasteiger charge is 2.03. The normalized spacial score (nSPS) is 10.5. The van der Waals surface area contributed by atoms with Crippen LogP contribution in [0.1, 0.15) is 11.1 Å². The van der Waals surface area contributed by atoms with E-state index in [2.05, 4.69) is 22.4 Å². The van der Waals surface area contributed by atoms with Crippen LogP contribution in [0.5, 0.6) is 5.75 Å². The highest BCUT2D eigenvalue weighted by Crippen LogP contribution is 2.22. The second-order valence-corrected chi connectivity index (χ2v) is 6.22.